The van der Waals surface area contributed by atoms with E-state index in [-0.39, 0.29) is 0 Å². The predicted octanol–water partition coefficient (Wildman–Crippen LogP) is 3.78. The summed E-state index contributed by atoms with van der Waals surface area (Å²) in [5.41, 5.74) is 2.15. The molecule has 1 heterocycles. The lowest BCUT2D eigenvalue weighted by molar-refractivity contribution is 0.583. The Labute approximate surface area is 106 Å². The van der Waals surface area contributed by atoms with Crippen molar-refractivity contribution in [3.05, 3.63) is 60.2 Å². The maximum Gasteiger partial charge on any atom is 0.212 e. The molecule has 0 saturated heterocycles. The van der Waals surface area contributed by atoms with Gasteiger partial charge in [0.05, 0.1) is 17.9 Å². The first-order valence-corrected chi connectivity index (χ1v) is 6.26. The molecule has 0 bridgehead atoms. The van der Waals surface area contributed by atoms with Crippen molar-refractivity contribution in [1.29, 1.82) is 0 Å². The van der Waals surface area contributed by atoms with Gasteiger partial charge in [-0.3, -0.25) is 0 Å². The number of nitrogens with one attached hydrogen (secondary N) is 1. The molecule has 1 aliphatic rings. The van der Waals surface area contributed by atoms with E-state index in [4.69, 9.17) is 0 Å². The minimum absolute atomic E-state index is 0.304. The van der Waals surface area contributed by atoms with Crippen molar-refractivity contribution in [3.8, 4) is 0 Å². The summed E-state index contributed by atoms with van der Waals surface area (Å²) in [6.45, 7) is 0. The van der Waals surface area contributed by atoms with Gasteiger partial charge in [0.15, 0.2) is 0 Å². The van der Waals surface area contributed by atoms with Crippen LogP contribution in [0, 0.1) is 11.9 Å². The first-order valence-electron chi connectivity index (χ1n) is 6.26. The normalized spacial score (nSPS) is 16.3. The molecule has 3 rings (SSSR count). The van der Waals surface area contributed by atoms with E-state index in [1.165, 1.54) is 24.5 Å². The molecule has 1 aromatic heterocycles. The molecule has 3 heteroatoms. The van der Waals surface area contributed by atoms with E-state index in [0.29, 0.717) is 12.0 Å². The number of pyridine rings is 1. The minimum atomic E-state index is -0.441. The van der Waals surface area contributed by atoms with Crippen LogP contribution in [-0.2, 0) is 0 Å². The zero-order valence-electron chi connectivity index (χ0n) is 10.0. The van der Waals surface area contributed by atoms with Gasteiger partial charge in [0.2, 0.25) is 5.95 Å². The summed E-state index contributed by atoms with van der Waals surface area (Å²) in [5.74, 6) is 0.237. The van der Waals surface area contributed by atoms with Crippen LogP contribution in [0.5, 0.6) is 0 Å². The lowest BCUT2D eigenvalue weighted by Gasteiger charge is -2.19. The molecule has 0 radical (unpaired) electrons. The maximum absolute atomic E-state index is 12.8. The van der Waals surface area contributed by atoms with Gasteiger partial charge in [-0.2, -0.15) is 4.39 Å². The van der Waals surface area contributed by atoms with Crippen molar-refractivity contribution in [1.82, 2.24) is 4.98 Å². The SMILES string of the molecule is Fc1ccc(NC(c2ccccc2)C2CC2)cn1. The third kappa shape index (κ3) is 2.50. The Balaban J connectivity index is 1.81. The summed E-state index contributed by atoms with van der Waals surface area (Å²) in [5, 5.41) is 3.46. The highest BCUT2D eigenvalue weighted by Gasteiger charge is 2.32. The molecule has 0 aliphatic heterocycles. The van der Waals surface area contributed by atoms with Crippen LogP contribution in [0.25, 0.3) is 0 Å². The van der Waals surface area contributed by atoms with E-state index < -0.39 is 5.95 Å². The van der Waals surface area contributed by atoms with Gasteiger partial charge >= 0.3 is 0 Å². The Morgan fingerprint density at radius 3 is 2.50 bits per heavy atom. The van der Waals surface area contributed by atoms with E-state index in [0.717, 1.165) is 5.69 Å². The number of benzene rings is 1. The molecule has 92 valence electrons. The lowest BCUT2D eigenvalue weighted by Crippen LogP contribution is -2.13. The first kappa shape index (κ1) is 11.2. The number of anilines is 1. The maximum atomic E-state index is 12.8. The third-order valence-electron chi connectivity index (χ3n) is 3.30. The van der Waals surface area contributed by atoms with Crippen LogP contribution in [0.3, 0.4) is 0 Å². The quantitative estimate of drug-likeness (QED) is 0.825. The molecule has 1 aliphatic carbocycles. The fraction of sp³-hybridized carbons (Fsp3) is 0.267. The van der Waals surface area contributed by atoms with Gasteiger partial charge in [0.25, 0.3) is 0 Å². The van der Waals surface area contributed by atoms with Crippen molar-refractivity contribution < 1.29 is 4.39 Å². The number of nitrogens with zero attached hydrogens (tertiary/aromatic N) is 1. The number of halogens is 1. The highest BCUT2D eigenvalue weighted by Crippen LogP contribution is 2.42. The second-order valence-corrected chi connectivity index (χ2v) is 4.74. The van der Waals surface area contributed by atoms with Crippen LogP contribution in [0.2, 0.25) is 0 Å². The molecule has 1 saturated carbocycles. The lowest BCUT2D eigenvalue weighted by atomic mass is 10.0. The summed E-state index contributed by atoms with van der Waals surface area (Å²) in [4.78, 5) is 3.68. The average Bonchev–Trinajstić information content (AvgIpc) is 3.23. The van der Waals surface area contributed by atoms with Crippen LogP contribution < -0.4 is 5.32 Å². The van der Waals surface area contributed by atoms with Crippen LogP contribution in [0.1, 0.15) is 24.4 Å². The Bertz CT molecular complexity index is 506. The van der Waals surface area contributed by atoms with Gasteiger partial charge in [-0.1, -0.05) is 30.3 Å². The van der Waals surface area contributed by atoms with Gasteiger partial charge in [-0.05, 0) is 36.5 Å². The van der Waals surface area contributed by atoms with Crippen LogP contribution in [-0.4, -0.2) is 4.98 Å². The van der Waals surface area contributed by atoms with Crippen molar-refractivity contribution in [2.24, 2.45) is 5.92 Å². The summed E-state index contributed by atoms with van der Waals surface area (Å²) < 4.78 is 12.8. The highest BCUT2D eigenvalue weighted by atomic mass is 19.1. The van der Waals surface area contributed by atoms with Crippen molar-refractivity contribution in [2.45, 2.75) is 18.9 Å². The van der Waals surface area contributed by atoms with E-state index in [9.17, 15) is 4.39 Å². The first-order chi connectivity index (χ1) is 8.83. The fourth-order valence-electron chi connectivity index (χ4n) is 2.20. The number of hydrogen-bond donors (Lipinski definition) is 1. The zero-order chi connectivity index (χ0) is 12.4. The number of rotatable bonds is 4. The molecule has 2 nitrogen and oxygen atoms in total. The van der Waals surface area contributed by atoms with E-state index in [1.54, 1.807) is 12.3 Å². The molecule has 2 aromatic rings. The zero-order valence-corrected chi connectivity index (χ0v) is 10.0. The minimum Gasteiger partial charge on any atom is -0.377 e. The molecule has 0 spiro atoms. The predicted molar refractivity (Wildman–Crippen MR) is 69.7 cm³/mol. The third-order valence-corrected chi connectivity index (χ3v) is 3.30. The second kappa shape index (κ2) is 4.77. The van der Waals surface area contributed by atoms with Gasteiger partial charge < -0.3 is 5.32 Å². The van der Waals surface area contributed by atoms with Gasteiger partial charge in [-0.25, -0.2) is 4.98 Å². The van der Waals surface area contributed by atoms with Crippen LogP contribution in [0.4, 0.5) is 10.1 Å². The molecular formula is C15H15FN2. The molecule has 1 aromatic carbocycles. The topological polar surface area (TPSA) is 24.9 Å². The molecular weight excluding hydrogens is 227 g/mol. The highest BCUT2D eigenvalue weighted by molar-refractivity contribution is 5.43. The summed E-state index contributed by atoms with van der Waals surface area (Å²) >= 11 is 0. The molecule has 1 atom stereocenters. The molecule has 1 unspecified atom stereocenters. The summed E-state index contributed by atoms with van der Waals surface area (Å²) in [7, 11) is 0. The number of hydrogen-bond acceptors (Lipinski definition) is 2. The monoisotopic (exact) mass is 242 g/mol. The van der Waals surface area contributed by atoms with Gasteiger partial charge in [0, 0.05) is 0 Å². The average molecular weight is 242 g/mol. The van der Waals surface area contributed by atoms with Crippen molar-refractivity contribution in [3.63, 3.8) is 0 Å². The number of aromatic nitrogens is 1. The molecule has 18 heavy (non-hydrogen) atoms. The Morgan fingerprint density at radius 2 is 1.89 bits per heavy atom. The summed E-state index contributed by atoms with van der Waals surface area (Å²) in [6.07, 6.45) is 4.05. The van der Waals surface area contributed by atoms with Gasteiger partial charge in [0.1, 0.15) is 0 Å². The Kier molecular flexibility index (Phi) is 2.97. The van der Waals surface area contributed by atoms with Crippen LogP contribution in [0.15, 0.2) is 48.7 Å². The Morgan fingerprint density at radius 1 is 1.11 bits per heavy atom. The van der Waals surface area contributed by atoms with Crippen molar-refractivity contribution in [2.75, 3.05) is 5.32 Å². The van der Waals surface area contributed by atoms with E-state index in [2.05, 4.69) is 34.6 Å². The smallest absolute Gasteiger partial charge is 0.212 e. The second-order valence-electron chi connectivity index (χ2n) is 4.74. The van der Waals surface area contributed by atoms with Crippen molar-refractivity contribution >= 4 is 5.69 Å². The molecule has 0 amide bonds. The molecule has 1 N–H and O–H groups in total. The largest absolute Gasteiger partial charge is 0.377 e. The molecule has 1 fully saturated rings. The fourth-order valence-corrected chi connectivity index (χ4v) is 2.20. The standard InChI is InChI=1S/C15H15FN2/c16-14-9-8-13(10-17-14)18-15(12-6-7-12)11-4-2-1-3-5-11/h1-5,8-10,12,15,18H,6-7H2. The van der Waals surface area contributed by atoms with Gasteiger partial charge in [-0.15, -0.1) is 0 Å². The van der Waals surface area contributed by atoms with Crippen LogP contribution >= 0.6 is 0 Å². The summed E-state index contributed by atoms with van der Waals surface area (Å²) in [6, 6.07) is 13.8. The van der Waals surface area contributed by atoms with E-state index in [1.807, 2.05) is 6.07 Å². The Hall–Kier alpha value is -1.90. The van der Waals surface area contributed by atoms with E-state index >= 15 is 0 Å².